The Hall–Kier alpha value is -5.27. The van der Waals surface area contributed by atoms with Gasteiger partial charge in [-0.05, 0) is 56.8 Å². The number of carbonyl (C=O) groups is 3. The number of H-pyrrole nitrogens is 2. The second-order valence-electron chi connectivity index (χ2n) is 24.6. The molecule has 0 saturated carbocycles. The molecule has 3 amide bonds. The van der Waals surface area contributed by atoms with Gasteiger partial charge in [-0.25, -0.2) is 21.2 Å². The predicted octanol–water partition coefficient (Wildman–Crippen LogP) is 6.89. The molecule has 3 fully saturated rings. The summed E-state index contributed by atoms with van der Waals surface area (Å²) in [5.41, 5.74) is -0.343. The molecule has 7 rings (SSSR count). The normalized spacial score (nSPS) is 22.8. The number of nitrogens with one attached hydrogen (secondary N) is 5. The summed E-state index contributed by atoms with van der Waals surface area (Å²) < 4.78 is 119. The summed E-state index contributed by atoms with van der Waals surface area (Å²) in [6.45, 7) is 38.1. The standard InChI is InChI=1S/C30H46F3N8O9P.C26H45N5O7Si2.CH4O/c1-17(2)25(42)38-29-37-24-21(26(43)39-29)36-15-40(24)27-23(47-16-46-14-13-45-11-10-35-28(44)30(31,32)33)22(20(7)49-27)50-51(48-12-9-34-8)41(18(3)4)19(5)6;1-13(2)23(33)29-26-28-22-19(24(34)30-26)27-12-31(22)25-20(32)21-18(36-25)11-35-39(14(3)4,15(5)6)38-40(37-21,16(7)8)17(9)10;1-2/h15,17-20,22-23,27H,9-14,16H2,1-7H3,(H,35,44)(H2,37,38,39,42,43);12-18,20-21,25,32H,11H2,1-10H3,(H2,28,29,30,33,34);2H,1H3/t20-,22-,23-,27-,51?;18-,20-,21-,25-;/m11./s1/i7D;;2T. The zero-order valence-electron chi connectivity index (χ0n) is 57.9. The number of imidazole rings is 2. The lowest BCUT2D eigenvalue weighted by atomic mass is 10.1. The van der Waals surface area contributed by atoms with Crippen LogP contribution in [0, 0.1) is 18.4 Å². The SMILES string of the molecule is CC(C)C(=O)Nc1nc2c(ncn2[C@@H]2O[C@@H]3CO[Si](C(C)C)(C(C)C)O[Si](C(C)C)(C(C)C)O[C@H]3[C@H]2O)c(=O)[nH]1.[2H]C[C@H]1O[C@@H](n2cnc3c(=O)[nH]c(NC(=O)C(C)C)nc32)[C@H](OCOCCOCCNC(=O)C(F)(F)F)[C@@H]1OP(OCC[N+]#[C-])N(C(C)C)C(C)C.[3H]OC. The Morgan fingerprint density at radius 1 is 0.817 bits per heavy atom. The van der Waals surface area contributed by atoms with Gasteiger partial charge in [0.1, 0.15) is 43.9 Å². The summed E-state index contributed by atoms with van der Waals surface area (Å²) >= 11 is 0. The minimum Gasteiger partial charge on any atom is -0.414 e. The van der Waals surface area contributed by atoms with Crippen LogP contribution in [0.5, 0.6) is 0 Å². The molecule has 93 heavy (non-hydrogen) atoms. The number of anilines is 2. The number of rotatable bonds is 27. The maximum absolute atomic E-state index is 12.9. The Labute approximate surface area is 545 Å². The van der Waals surface area contributed by atoms with Crippen molar-refractivity contribution < 1.29 is 84.8 Å². The topological polar surface area (TPSA) is 355 Å². The first-order valence-electron chi connectivity index (χ1n) is 32.0. The number of halogens is 3. The highest BCUT2D eigenvalue weighted by atomic mass is 31.2. The summed E-state index contributed by atoms with van der Waals surface area (Å²) in [4.78, 5) is 87.0. The average molecular weight is 1380 g/mol. The number of alkyl halides is 3. The van der Waals surface area contributed by atoms with Crippen LogP contribution >= 0.6 is 8.53 Å². The van der Waals surface area contributed by atoms with Crippen molar-refractivity contribution in [3.8, 4) is 0 Å². The minimum atomic E-state index is -4.99. The van der Waals surface area contributed by atoms with Crippen molar-refractivity contribution in [2.24, 2.45) is 11.8 Å². The fraction of sp³-hybridized carbons (Fsp3) is 0.754. The maximum Gasteiger partial charge on any atom is 0.471 e. The summed E-state index contributed by atoms with van der Waals surface area (Å²) in [6, 6.07) is -0.0758. The van der Waals surface area contributed by atoms with E-state index in [-0.39, 0.29) is 146 Å². The minimum absolute atomic E-state index is 0.000117. The van der Waals surface area contributed by atoms with Crippen LogP contribution in [0.3, 0.4) is 0 Å². The molecule has 4 aromatic rings. The van der Waals surface area contributed by atoms with Crippen LogP contribution in [-0.2, 0) is 60.1 Å². The lowest BCUT2D eigenvalue weighted by molar-refractivity contribution is -0.173. The number of nitrogens with zero attached hydrogens (tertiary/aromatic N) is 8. The van der Waals surface area contributed by atoms with E-state index >= 15 is 0 Å². The van der Waals surface area contributed by atoms with Gasteiger partial charge in [0.25, 0.3) is 19.6 Å². The van der Waals surface area contributed by atoms with Crippen molar-refractivity contribution >= 4 is 77.6 Å². The molecule has 7 heterocycles. The quantitative estimate of drug-likeness (QED) is 0.0105. The zero-order valence-corrected chi connectivity index (χ0v) is 58.8. The van der Waals surface area contributed by atoms with Crippen molar-refractivity contribution in [3.05, 3.63) is 44.8 Å². The highest BCUT2D eigenvalue weighted by Crippen LogP contribution is 2.52. The fourth-order valence-corrected chi connectivity index (χ4v) is 23.6. The number of carbonyl (C=O) groups excluding carboxylic acids is 3. The van der Waals surface area contributed by atoms with Gasteiger partial charge in [-0.2, -0.15) is 23.1 Å². The first-order valence-corrected chi connectivity index (χ1v) is 35.9. The van der Waals surface area contributed by atoms with Gasteiger partial charge in [0, 0.05) is 38.9 Å². The molecule has 36 heteroatoms. The van der Waals surface area contributed by atoms with E-state index in [1.165, 1.54) is 28.9 Å². The Morgan fingerprint density at radius 2 is 1.33 bits per heavy atom. The highest BCUT2D eigenvalue weighted by molar-refractivity contribution is 7.44. The smallest absolute Gasteiger partial charge is 0.414 e. The van der Waals surface area contributed by atoms with Crippen LogP contribution in [0.1, 0.15) is 132 Å². The number of hydrogen-bond donors (Lipinski definition) is 7. The van der Waals surface area contributed by atoms with Crippen LogP contribution in [0.2, 0.25) is 22.2 Å². The Morgan fingerprint density at radius 3 is 1.81 bits per heavy atom. The molecule has 1 unspecified atom stereocenters. The molecule has 0 radical (unpaired) electrons. The van der Waals surface area contributed by atoms with Crippen molar-refractivity contribution in [1.29, 1.82) is 1.43 Å². The van der Waals surface area contributed by atoms with Gasteiger partial charge in [-0.1, -0.05) is 83.1 Å². The van der Waals surface area contributed by atoms with Crippen molar-refractivity contribution in [3.63, 3.8) is 0 Å². The molecule has 3 aliphatic rings. The van der Waals surface area contributed by atoms with Crippen LogP contribution < -0.4 is 27.1 Å². The molecule has 0 aliphatic carbocycles. The second-order valence-corrected chi connectivity index (χ2v) is 34.8. The third kappa shape index (κ3) is 19.1. The lowest BCUT2D eigenvalue weighted by Crippen LogP contribution is -2.65. The van der Waals surface area contributed by atoms with Crippen molar-refractivity contribution in [1.82, 2.24) is 49.0 Å². The number of aromatic nitrogens is 8. The Balaban J connectivity index is 0.000000340. The molecule has 0 aromatic carbocycles. The molecule has 0 bridgehead atoms. The number of fused-ring (bicyclic) bond motifs is 3. The summed E-state index contributed by atoms with van der Waals surface area (Å²) in [7, 11) is -6.28. The molecule has 4 aromatic heterocycles. The Bertz CT molecular complexity index is 3260. The van der Waals surface area contributed by atoms with Gasteiger partial charge >= 0.3 is 29.2 Å². The third-order valence-electron chi connectivity index (χ3n) is 15.2. The molecule has 524 valence electrons. The van der Waals surface area contributed by atoms with Gasteiger partial charge in [-0.3, -0.25) is 53.7 Å². The van der Waals surface area contributed by atoms with Crippen LogP contribution in [0.15, 0.2) is 22.2 Å². The molecule has 3 saturated heterocycles. The Kier molecular flexibility index (Phi) is 28.0. The van der Waals surface area contributed by atoms with Gasteiger partial charge in [0.15, 0.2) is 34.8 Å². The largest absolute Gasteiger partial charge is 0.471 e. The van der Waals surface area contributed by atoms with E-state index in [1.54, 1.807) is 33.0 Å². The lowest BCUT2D eigenvalue weighted by Gasteiger charge is -2.51. The molecule has 0 spiro atoms. The van der Waals surface area contributed by atoms with Crippen LogP contribution in [0.25, 0.3) is 27.2 Å². The van der Waals surface area contributed by atoms with E-state index in [2.05, 4.69) is 106 Å². The van der Waals surface area contributed by atoms with Crippen LogP contribution in [-0.4, -0.2) is 205 Å². The molecule has 3 aliphatic heterocycles. The number of aliphatic hydroxyl groups excluding tert-OH is 2. The van der Waals surface area contributed by atoms with Gasteiger partial charge in [-0.15, -0.1) is 0 Å². The van der Waals surface area contributed by atoms with E-state index in [9.17, 15) is 42.3 Å². The van der Waals surface area contributed by atoms with E-state index in [1.807, 2.05) is 32.4 Å². The molecule has 30 nitrogen and oxygen atoms in total. The fourth-order valence-electron chi connectivity index (χ4n) is 10.6. The van der Waals surface area contributed by atoms with Crippen LogP contribution in [0.4, 0.5) is 25.1 Å². The molecular weight excluding hydrogens is 1280 g/mol. The molecule has 9 atom stereocenters. The highest BCUT2D eigenvalue weighted by Gasteiger charge is 2.62. The predicted molar refractivity (Wildman–Crippen MR) is 342 cm³/mol. The third-order valence-corrected chi connectivity index (χ3v) is 27.6. The number of hydrogen-bond acceptors (Lipinski definition) is 22. The maximum atomic E-state index is 12.9. The summed E-state index contributed by atoms with van der Waals surface area (Å²) in [5.74, 6) is -3.55. The monoisotopic (exact) mass is 1380 g/mol. The van der Waals surface area contributed by atoms with E-state index in [0.29, 0.717) is 0 Å². The molecular formula is C57H95F3N13O17PSi2. The second kappa shape index (κ2) is 34.6. The van der Waals surface area contributed by atoms with Crippen molar-refractivity contribution in [2.75, 3.05) is 70.7 Å². The summed E-state index contributed by atoms with van der Waals surface area (Å²) in [6.07, 6.45) is -9.51. The number of amides is 3. The van der Waals surface area contributed by atoms with Gasteiger partial charge in [0.05, 0.1) is 45.2 Å². The first-order chi connectivity index (χ1) is 44.7. The van der Waals surface area contributed by atoms with E-state index in [4.69, 9.17) is 55.1 Å². The van der Waals surface area contributed by atoms with Gasteiger partial charge in [0.2, 0.25) is 31.7 Å². The van der Waals surface area contributed by atoms with E-state index in [0.717, 1.165) is 0 Å². The number of aromatic amines is 2. The van der Waals surface area contributed by atoms with Crippen molar-refractivity contribution in [2.45, 2.75) is 207 Å². The van der Waals surface area contributed by atoms with E-state index < -0.39 is 104 Å². The molecule has 7 N–H and O–H groups in total. The first kappa shape index (κ1) is 75.1. The number of aliphatic hydroxyl groups is 2. The van der Waals surface area contributed by atoms with Gasteiger partial charge < -0.3 is 66.1 Å². The summed E-state index contributed by atoms with van der Waals surface area (Å²) in [5, 5.41) is 22.1. The average Bonchev–Trinajstić information content (AvgIpc) is 1.68. The number of ether oxygens (including phenoxy) is 5. The zero-order chi connectivity index (χ0) is 71.0.